The predicted octanol–water partition coefficient (Wildman–Crippen LogP) is 5.30. The van der Waals surface area contributed by atoms with Crippen molar-refractivity contribution in [3.8, 4) is 17.6 Å². The summed E-state index contributed by atoms with van der Waals surface area (Å²) in [7, 11) is 1.22. The number of hydrogen-bond acceptors (Lipinski definition) is 4. The average molecular weight is 445 g/mol. The van der Waals surface area contributed by atoms with Gasteiger partial charge in [0.15, 0.2) is 11.5 Å². The lowest BCUT2D eigenvalue weighted by molar-refractivity contribution is -0.143. The van der Waals surface area contributed by atoms with E-state index in [4.69, 9.17) is 19.8 Å². The molecule has 0 atom stereocenters. The molecule has 2 aromatic rings. The summed E-state index contributed by atoms with van der Waals surface area (Å²) < 4.78 is 88.3. The van der Waals surface area contributed by atoms with Gasteiger partial charge < -0.3 is 14.6 Å². The summed E-state index contributed by atoms with van der Waals surface area (Å²) in [5.74, 6) is -1.48. The first-order chi connectivity index (χ1) is 14.4. The van der Waals surface area contributed by atoms with E-state index in [1.54, 1.807) is 0 Å². The number of nitriles is 1. The number of ether oxygens (including phenoxy) is 2. The van der Waals surface area contributed by atoms with Gasteiger partial charge in [-0.15, -0.1) is 0 Å². The fraction of sp³-hybridized carbons (Fsp3) is 0.200. The summed E-state index contributed by atoms with van der Waals surface area (Å²) in [6.45, 7) is -0.711. The van der Waals surface area contributed by atoms with Crippen LogP contribution in [0.3, 0.4) is 0 Å². The Balaban J connectivity index is 2.34. The molecule has 2 rings (SSSR count). The van der Waals surface area contributed by atoms with Gasteiger partial charge in [-0.05, 0) is 35.9 Å². The number of hydrogen-bond donors (Lipinski definition) is 1. The second kappa shape index (κ2) is 8.99. The minimum absolute atomic E-state index is 0.0110. The topological polar surface area (TPSA) is 79.5 Å². The molecule has 11 heteroatoms. The third kappa shape index (κ3) is 5.91. The van der Waals surface area contributed by atoms with Gasteiger partial charge in [0, 0.05) is 5.56 Å². The summed E-state index contributed by atoms with van der Waals surface area (Å²) in [6.07, 6.45) is -8.93. The molecule has 0 radical (unpaired) electrons. The number of carboxylic acid groups (broad SMARTS) is 1. The molecular weight excluding hydrogens is 432 g/mol. The molecule has 0 bridgehead atoms. The van der Waals surface area contributed by atoms with Crippen LogP contribution in [0.4, 0.5) is 26.3 Å². The van der Waals surface area contributed by atoms with E-state index in [0.29, 0.717) is 12.1 Å². The third-order valence-corrected chi connectivity index (χ3v) is 3.98. The number of alkyl halides is 6. The normalized spacial score (nSPS) is 12.3. The number of methoxy groups -OCH3 is 1. The molecule has 164 valence electrons. The van der Waals surface area contributed by atoms with Gasteiger partial charge in [-0.1, -0.05) is 12.1 Å². The van der Waals surface area contributed by atoms with Gasteiger partial charge >= 0.3 is 18.3 Å². The van der Waals surface area contributed by atoms with Crippen LogP contribution in [0.2, 0.25) is 0 Å². The van der Waals surface area contributed by atoms with Crippen LogP contribution >= 0.6 is 0 Å². The fourth-order valence-corrected chi connectivity index (χ4v) is 2.50. The smallest absolute Gasteiger partial charge is 0.416 e. The minimum atomic E-state index is -5.04. The van der Waals surface area contributed by atoms with Gasteiger partial charge in [0.05, 0.1) is 18.2 Å². The van der Waals surface area contributed by atoms with E-state index in [1.165, 1.54) is 31.4 Å². The molecule has 0 saturated heterocycles. The maximum Gasteiger partial charge on any atom is 0.416 e. The molecule has 2 aromatic carbocycles. The molecule has 0 saturated carbocycles. The molecule has 0 spiro atoms. The highest BCUT2D eigenvalue weighted by Crippen LogP contribution is 2.38. The van der Waals surface area contributed by atoms with Crippen molar-refractivity contribution in [1.29, 1.82) is 5.26 Å². The Hall–Kier alpha value is -3.68. The molecule has 0 unspecified atom stereocenters. The van der Waals surface area contributed by atoms with E-state index in [9.17, 15) is 31.1 Å². The number of carbonyl (C=O) groups is 1. The summed E-state index contributed by atoms with van der Waals surface area (Å²) in [4.78, 5) is 10.9. The van der Waals surface area contributed by atoms with Crippen LogP contribution in [-0.2, 0) is 23.8 Å². The van der Waals surface area contributed by atoms with Crippen molar-refractivity contribution in [2.24, 2.45) is 0 Å². The van der Waals surface area contributed by atoms with Crippen molar-refractivity contribution in [2.45, 2.75) is 19.0 Å². The summed E-state index contributed by atoms with van der Waals surface area (Å²) >= 11 is 0. The number of halogens is 6. The number of nitrogens with zero attached hydrogens (tertiary/aromatic N) is 1. The minimum Gasteiger partial charge on any atom is -0.493 e. The van der Waals surface area contributed by atoms with Crippen molar-refractivity contribution < 1.29 is 45.7 Å². The van der Waals surface area contributed by atoms with Crippen molar-refractivity contribution in [3.05, 3.63) is 64.2 Å². The average Bonchev–Trinajstić information content (AvgIpc) is 2.68. The Bertz CT molecular complexity index is 1050. The zero-order valence-electron chi connectivity index (χ0n) is 15.6. The van der Waals surface area contributed by atoms with Gasteiger partial charge in [-0.25, -0.2) is 4.79 Å². The highest BCUT2D eigenvalue weighted by atomic mass is 19.4. The van der Waals surface area contributed by atoms with Crippen LogP contribution in [0.25, 0.3) is 6.08 Å². The lowest BCUT2D eigenvalue weighted by Gasteiger charge is -2.17. The molecule has 5 nitrogen and oxygen atoms in total. The Labute approximate surface area is 171 Å². The van der Waals surface area contributed by atoms with Crippen molar-refractivity contribution in [1.82, 2.24) is 0 Å². The van der Waals surface area contributed by atoms with Crippen LogP contribution in [-0.4, -0.2) is 18.2 Å². The third-order valence-electron chi connectivity index (χ3n) is 3.98. The Morgan fingerprint density at radius 2 is 1.74 bits per heavy atom. The Morgan fingerprint density at radius 3 is 2.26 bits per heavy atom. The van der Waals surface area contributed by atoms with Crippen molar-refractivity contribution >= 4 is 12.0 Å². The predicted molar refractivity (Wildman–Crippen MR) is 95.0 cm³/mol. The monoisotopic (exact) mass is 445 g/mol. The first-order valence-electron chi connectivity index (χ1n) is 8.30. The highest BCUT2D eigenvalue weighted by molar-refractivity contribution is 5.96. The maximum absolute atomic E-state index is 13.2. The summed E-state index contributed by atoms with van der Waals surface area (Å²) in [6, 6.07) is 6.58. The zero-order chi connectivity index (χ0) is 23.4. The fourth-order valence-electron chi connectivity index (χ4n) is 2.50. The molecule has 1 N–H and O–H groups in total. The molecule has 0 fully saturated rings. The number of carboxylic acids is 1. The molecule has 31 heavy (non-hydrogen) atoms. The van der Waals surface area contributed by atoms with Gasteiger partial charge in [-0.3, -0.25) is 0 Å². The Morgan fingerprint density at radius 1 is 1.06 bits per heavy atom. The van der Waals surface area contributed by atoms with Crippen LogP contribution in [0.15, 0.2) is 42.0 Å². The van der Waals surface area contributed by atoms with Crippen molar-refractivity contribution in [2.75, 3.05) is 7.11 Å². The van der Waals surface area contributed by atoms with Gasteiger partial charge in [-0.2, -0.15) is 31.6 Å². The molecule has 0 heterocycles. The standard InChI is InChI=1S/C20H13F6NO4/c1-30-17-7-11(6-13(9-27)18(28)29)2-5-16(17)31-10-12-3-4-14(19(21,22)23)8-15(12)20(24,25)26/h2-8H,10H2,1H3,(H,28,29)/b13-6+. The van der Waals surface area contributed by atoms with E-state index >= 15 is 0 Å². The molecule has 0 amide bonds. The second-order valence-electron chi connectivity index (χ2n) is 6.04. The first kappa shape index (κ1) is 23.6. The van der Waals surface area contributed by atoms with E-state index in [2.05, 4.69) is 0 Å². The lowest BCUT2D eigenvalue weighted by Crippen LogP contribution is -2.14. The van der Waals surface area contributed by atoms with Crippen LogP contribution in [0.5, 0.6) is 11.5 Å². The van der Waals surface area contributed by atoms with Crippen LogP contribution < -0.4 is 9.47 Å². The van der Waals surface area contributed by atoms with Crippen LogP contribution in [0, 0.1) is 11.3 Å². The lowest BCUT2D eigenvalue weighted by atomic mass is 10.0. The quantitative estimate of drug-likeness (QED) is 0.371. The maximum atomic E-state index is 13.2. The summed E-state index contributed by atoms with van der Waals surface area (Å²) in [5.41, 5.74) is -3.77. The molecule has 0 aliphatic heterocycles. The van der Waals surface area contributed by atoms with Gasteiger partial charge in [0.1, 0.15) is 18.2 Å². The van der Waals surface area contributed by atoms with E-state index in [-0.39, 0.29) is 23.1 Å². The number of rotatable bonds is 6. The number of aliphatic carboxylic acids is 1. The highest BCUT2D eigenvalue weighted by Gasteiger charge is 2.38. The molecule has 0 aliphatic rings. The van der Waals surface area contributed by atoms with Gasteiger partial charge in [0.25, 0.3) is 0 Å². The number of benzene rings is 2. The van der Waals surface area contributed by atoms with E-state index in [1.807, 2.05) is 0 Å². The molecular formula is C20H13F6NO4. The van der Waals surface area contributed by atoms with Gasteiger partial charge in [0.2, 0.25) is 0 Å². The SMILES string of the molecule is COc1cc(/C=C(\C#N)C(=O)O)ccc1OCc1ccc(C(F)(F)F)cc1C(F)(F)F. The zero-order valence-corrected chi connectivity index (χ0v) is 15.6. The largest absolute Gasteiger partial charge is 0.493 e. The van der Waals surface area contributed by atoms with Crippen molar-refractivity contribution in [3.63, 3.8) is 0 Å². The van der Waals surface area contributed by atoms with E-state index in [0.717, 1.165) is 6.08 Å². The Kier molecular flexibility index (Phi) is 6.84. The summed E-state index contributed by atoms with van der Waals surface area (Å²) in [5, 5.41) is 17.7. The molecule has 0 aliphatic carbocycles. The first-order valence-corrected chi connectivity index (χ1v) is 8.30. The molecule has 0 aromatic heterocycles. The second-order valence-corrected chi connectivity index (χ2v) is 6.04. The van der Waals surface area contributed by atoms with E-state index < -0.39 is 47.2 Å². The van der Waals surface area contributed by atoms with Crippen LogP contribution in [0.1, 0.15) is 22.3 Å².